The number of rotatable bonds is 5. The third kappa shape index (κ3) is 3.90. The quantitative estimate of drug-likeness (QED) is 0.836. The maximum Gasteiger partial charge on any atom is 0.0674 e. The molecule has 2 aromatic carbocycles. The van der Waals surface area contributed by atoms with Gasteiger partial charge in [0.15, 0.2) is 0 Å². The van der Waals surface area contributed by atoms with Crippen molar-refractivity contribution in [3.63, 3.8) is 0 Å². The van der Waals surface area contributed by atoms with Crippen LogP contribution in [0.15, 0.2) is 47.4 Å². The normalized spacial score (nSPS) is 15.0. The average Bonchev–Trinajstić information content (AvgIpc) is 2.94. The van der Waals surface area contributed by atoms with Gasteiger partial charge < -0.3 is 5.11 Å². The lowest BCUT2D eigenvalue weighted by molar-refractivity contribution is 0.200. The second-order valence-electron chi connectivity index (χ2n) is 5.94. The largest absolute Gasteiger partial charge is 0.392 e. The van der Waals surface area contributed by atoms with Crippen molar-refractivity contribution in [3.8, 4) is 0 Å². The maximum absolute atomic E-state index is 10.2. The molecule has 2 heteroatoms. The van der Waals surface area contributed by atoms with Crippen molar-refractivity contribution in [2.24, 2.45) is 0 Å². The fraction of sp³-hybridized carbons (Fsp3) is 0.368. The molecule has 2 aromatic rings. The van der Waals surface area contributed by atoms with Gasteiger partial charge in [-0.15, -0.1) is 11.8 Å². The van der Waals surface area contributed by atoms with Crippen LogP contribution in [0.5, 0.6) is 0 Å². The zero-order chi connectivity index (χ0) is 14.7. The molecule has 110 valence electrons. The maximum atomic E-state index is 10.2. The van der Waals surface area contributed by atoms with E-state index in [1.165, 1.54) is 46.4 Å². The smallest absolute Gasteiger partial charge is 0.0674 e. The lowest BCUT2D eigenvalue weighted by Crippen LogP contribution is -2.13. The van der Waals surface area contributed by atoms with E-state index in [4.69, 9.17) is 0 Å². The summed E-state index contributed by atoms with van der Waals surface area (Å²) in [6.07, 6.45) is 4.19. The van der Waals surface area contributed by atoms with Crippen LogP contribution in [0.1, 0.15) is 28.7 Å². The lowest BCUT2D eigenvalue weighted by atomic mass is 10.0. The van der Waals surface area contributed by atoms with Gasteiger partial charge in [-0.25, -0.2) is 0 Å². The van der Waals surface area contributed by atoms with Crippen molar-refractivity contribution in [2.75, 3.05) is 5.75 Å². The molecule has 1 nitrogen and oxygen atoms in total. The first kappa shape index (κ1) is 14.7. The SMILES string of the molecule is Cc1ccc(SCC(O)Cc2ccc3c(c2)CCC3)cc1. The van der Waals surface area contributed by atoms with Gasteiger partial charge in [-0.1, -0.05) is 35.9 Å². The number of hydrogen-bond acceptors (Lipinski definition) is 2. The van der Waals surface area contributed by atoms with Crippen LogP contribution in [0.4, 0.5) is 0 Å². The summed E-state index contributed by atoms with van der Waals surface area (Å²) >= 11 is 1.73. The van der Waals surface area contributed by atoms with Gasteiger partial charge >= 0.3 is 0 Å². The minimum atomic E-state index is -0.282. The van der Waals surface area contributed by atoms with Crippen molar-refractivity contribution in [1.29, 1.82) is 0 Å². The van der Waals surface area contributed by atoms with Gasteiger partial charge in [-0.3, -0.25) is 0 Å². The highest BCUT2D eigenvalue weighted by Gasteiger charge is 2.12. The summed E-state index contributed by atoms with van der Waals surface area (Å²) in [6, 6.07) is 15.2. The van der Waals surface area contributed by atoms with Crippen LogP contribution in [0.2, 0.25) is 0 Å². The summed E-state index contributed by atoms with van der Waals surface area (Å²) in [7, 11) is 0. The highest BCUT2D eigenvalue weighted by Crippen LogP contribution is 2.24. The zero-order valence-electron chi connectivity index (χ0n) is 12.5. The van der Waals surface area contributed by atoms with E-state index in [2.05, 4.69) is 49.4 Å². The van der Waals surface area contributed by atoms with E-state index < -0.39 is 0 Å². The van der Waals surface area contributed by atoms with Gasteiger partial charge in [-0.2, -0.15) is 0 Å². The minimum absolute atomic E-state index is 0.282. The third-order valence-electron chi connectivity index (χ3n) is 4.10. The Balaban J connectivity index is 1.54. The zero-order valence-corrected chi connectivity index (χ0v) is 13.3. The summed E-state index contributed by atoms with van der Waals surface area (Å²) in [6.45, 7) is 2.09. The number of hydrogen-bond donors (Lipinski definition) is 1. The van der Waals surface area contributed by atoms with E-state index >= 15 is 0 Å². The van der Waals surface area contributed by atoms with Gasteiger partial charge in [0, 0.05) is 10.6 Å². The van der Waals surface area contributed by atoms with Gasteiger partial charge in [0.25, 0.3) is 0 Å². The Morgan fingerprint density at radius 2 is 1.81 bits per heavy atom. The highest BCUT2D eigenvalue weighted by molar-refractivity contribution is 7.99. The van der Waals surface area contributed by atoms with E-state index in [9.17, 15) is 5.11 Å². The van der Waals surface area contributed by atoms with E-state index in [1.54, 1.807) is 11.8 Å². The van der Waals surface area contributed by atoms with Crippen LogP contribution in [0, 0.1) is 6.92 Å². The Labute approximate surface area is 131 Å². The molecule has 0 spiro atoms. The summed E-state index contributed by atoms with van der Waals surface area (Å²) in [4.78, 5) is 1.23. The molecule has 0 aliphatic heterocycles. The molecule has 0 bridgehead atoms. The molecule has 0 heterocycles. The summed E-state index contributed by atoms with van der Waals surface area (Å²) < 4.78 is 0. The van der Waals surface area contributed by atoms with Crippen LogP contribution in [-0.4, -0.2) is 17.0 Å². The third-order valence-corrected chi connectivity index (χ3v) is 5.25. The lowest BCUT2D eigenvalue weighted by Gasteiger charge is -2.12. The molecule has 1 atom stereocenters. The number of benzene rings is 2. The summed E-state index contributed by atoms with van der Waals surface area (Å²) in [5, 5.41) is 10.2. The number of thioether (sulfide) groups is 1. The van der Waals surface area contributed by atoms with Gasteiger partial charge in [-0.05, 0) is 61.4 Å². The van der Waals surface area contributed by atoms with Gasteiger partial charge in [0.2, 0.25) is 0 Å². The molecule has 1 aliphatic rings. The highest BCUT2D eigenvalue weighted by atomic mass is 32.2. The van der Waals surface area contributed by atoms with Gasteiger partial charge in [0.1, 0.15) is 0 Å². The van der Waals surface area contributed by atoms with Gasteiger partial charge in [0.05, 0.1) is 6.10 Å². The van der Waals surface area contributed by atoms with E-state index in [1.807, 2.05) is 0 Å². The Morgan fingerprint density at radius 1 is 1.05 bits per heavy atom. The monoisotopic (exact) mass is 298 g/mol. The standard InChI is InChI=1S/C19H22OS/c1-14-5-9-19(10-6-14)21-13-18(20)12-15-7-8-16-3-2-4-17(16)11-15/h5-11,18,20H,2-4,12-13H2,1H3. The van der Waals surface area contributed by atoms with E-state index in [0.29, 0.717) is 0 Å². The van der Waals surface area contributed by atoms with Crippen molar-refractivity contribution < 1.29 is 5.11 Å². The predicted molar refractivity (Wildman–Crippen MR) is 90.1 cm³/mol. The first-order chi connectivity index (χ1) is 10.2. The van der Waals surface area contributed by atoms with Crippen LogP contribution >= 0.6 is 11.8 Å². The molecule has 1 N–H and O–H groups in total. The number of aliphatic hydroxyl groups is 1. The molecular formula is C19H22OS. The molecular weight excluding hydrogens is 276 g/mol. The topological polar surface area (TPSA) is 20.2 Å². The fourth-order valence-corrected chi connectivity index (χ4v) is 3.74. The van der Waals surface area contributed by atoms with E-state index in [0.717, 1.165) is 12.2 Å². The average molecular weight is 298 g/mol. The summed E-state index contributed by atoms with van der Waals surface area (Å²) in [5.74, 6) is 0.750. The molecule has 21 heavy (non-hydrogen) atoms. The Kier molecular flexibility index (Phi) is 4.67. The second kappa shape index (κ2) is 6.67. The fourth-order valence-electron chi connectivity index (χ4n) is 2.91. The molecule has 1 aliphatic carbocycles. The number of aryl methyl sites for hydroxylation is 3. The van der Waals surface area contributed by atoms with Crippen LogP contribution < -0.4 is 0 Å². The molecule has 0 amide bonds. The molecule has 1 unspecified atom stereocenters. The Morgan fingerprint density at radius 3 is 2.62 bits per heavy atom. The predicted octanol–water partition coefficient (Wildman–Crippen LogP) is 4.18. The Hall–Kier alpha value is -1.25. The van der Waals surface area contributed by atoms with Crippen LogP contribution in [0.25, 0.3) is 0 Å². The van der Waals surface area contributed by atoms with Crippen LogP contribution in [0.3, 0.4) is 0 Å². The van der Waals surface area contributed by atoms with Crippen LogP contribution in [-0.2, 0) is 19.3 Å². The molecule has 3 rings (SSSR count). The second-order valence-corrected chi connectivity index (χ2v) is 7.03. The van der Waals surface area contributed by atoms with Crippen molar-refractivity contribution in [3.05, 3.63) is 64.7 Å². The molecule has 0 radical (unpaired) electrons. The Bertz CT molecular complexity index is 603. The molecule has 0 fully saturated rings. The number of fused-ring (bicyclic) bond motifs is 1. The first-order valence-corrected chi connectivity index (χ1v) is 8.67. The number of aliphatic hydroxyl groups excluding tert-OH is 1. The van der Waals surface area contributed by atoms with E-state index in [-0.39, 0.29) is 6.10 Å². The van der Waals surface area contributed by atoms with Crippen molar-refractivity contribution in [1.82, 2.24) is 0 Å². The molecule has 0 aromatic heterocycles. The van der Waals surface area contributed by atoms with Crippen molar-refractivity contribution in [2.45, 2.75) is 43.6 Å². The first-order valence-electron chi connectivity index (χ1n) is 7.69. The van der Waals surface area contributed by atoms with Crippen molar-refractivity contribution >= 4 is 11.8 Å². The molecule has 0 saturated heterocycles. The summed E-state index contributed by atoms with van der Waals surface area (Å²) in [5.41, 5.74) is 5.54. The minimum Gasteiger partial charge on any atom is -0.392 e. The molecule has 0 saturated carbocycles.